The number of likely N-dealkylation sites (N-methyl/N-ethyl adjacent to an activating group) is 1. The fourth-order valence-electron chi connectivity index (χ4n) is 2.36. The Labute approximate surface area is 125 Å². The summed E-state index contributed by atoms with van der Waals surface area (Å²) < 4.78 is 1.95. The molecule has 3 rings (SSSR count). The number of aromatic nitrogens is 2. The molecule has 110 valence electrons. The molecule has 21 heavy (non-hydrogen) atoms. The van der Waals surface area contributed by atoms with Gasteiger partial charge in [-0.2, -0.15) is 10.2 Å². The quantitative estimate of drug-likeness (QED) is 0.798. The van der Waals surface area contributed by atoms with Gasteiger partial charge < -0.3 is 4.90 Å². The Morgan fingerprint density at radius 2 is 1.90 bits per heavy atom. The molecule has 1 fully saturated rings. The lowest BCUT2D eigenvalue weighted by molar-refractivity contribution is 0.159. The van der Waals surface area contributed by atoms with Crippen LogP contribution < -0.4 is 0 Å². The Balaban J connectivity index is 1.57. The van der Waals surface area contributed by atoms with Crippen molar-refractivity contribution in [3.05, 3.63) is 53.9 Å². The molecule has 1 aromatic heterocycles. The van der Waals surface area contributed by atoms with E-state index in [0.717, 1.165) is 38.3 Å². The van der Waals surface area contributed by atoms with Gasteiger partial charge in [-0.25, -0.2) is 0 Å². The first kappa shape index (κ1) is 13.8. The van der Waals surface area contributed by atoms with Gasteiger partial charge in [0.25, 0.3) is 0 Å². The SMILES string of the molecule is CN1CCN(/N=C\c2cnn(Cc3ccccc3)c2)CC1. The van der Waals surface area contributed by atoms with Gasteiger partial charge in [0.05, 0.1) is 19.0 Å². The minimum Gasteiger partial charge on any atom is -0.303 e. The van der Waals surface area contributed by atoms with Crippen LogP contribution in [0, 0.1) is 0 Å². The fraction of sp³-hybridized carbons (Fsp3) is 0.375. The zero-order valence-electron chi connectivity index (χ0n) is 12.4. The smallest absolute Gasteiger partial charge is 0.0659 e. The van der Waals surface area contributed by atoms with Gasteiger partial charge in [0, 0.05) is 37.9 Å². The van der Waals surface area contributed by atoms with Crippen molar-refractivity contribution < 1.29 is 0 Å². The van der Waals surface area contributed by atoms with E-state index in [1.807, 2.05) is 29.4 Å². The highest BCUT2D eigenvalue weighted by Gasteiger charge is 2.10. The van der Waals surface area contributed by atoms with E-state index in [0.29, 0.717) is 0 Å². The third-order valence-electron chi connectivity index (χ3n) is 3.69. The van der Waals surface area contributed by atoms with E-state index in [1.165, 1.54) is 5.56 Å². The zero-order valence-corrected chi connectivity index (χ0v) is 12.4. The third-order valence-corrected chi connectivity index (χ3v) is 3.69. The molecule has 1 aliphatic heterocycles. The third kappa shape index (κ3) is 3.92. The summed E-state index contributed by atoms with van der Waals surface area (Å²) in [5, 5.41) is 11.0. The van der Waals surface area contributed by atoms with Crippen LogP contribution in [0.4, 0.5) is 0 Å². The number of hydrogen-bond acceptors (Lipinski definition) is 4. The molecule has 1 aliphatic rings. The van der Waals surface area contributed by atoms with Crippen LogP contribution in [0.3, 0.4) is 0 Å². The lowest BCUT2D eigenvalue weighted by Gasteiger charge is -2.30. The number of rotatable bonds is 4. The molecule has 5 nitrogen and oxygen atoms in total. The van der Waals surface area contributed by atoms with Gasteiger partial charge in [-0.3, -0.25) is 9.69 Å². The van der Waals surface area contributed by atoms with Crippen LogP contribution in [-0.2, 0) is 6.54 Å². The second-order valence-electron chi connectivity index (χ2n) is 5.46. The van der Waals surface area contributed by atoms with E-state index < -0.39 is 0 Å². The van der Waals surface area contributed by atoms with Gasteiger partial charge in [0.15, 0.2) is 0 Å². The number of piperazine rings is 1. The maximum Gasteiger partial charge on any atom is 0.0659 e. The second kappa shape index (κ2) is 6.54. The van der Waals surface area contributed by atoms with Crippen molar-refractivity contribution in [2.24, 2.45) is 5.10 Å². The fourth-order valence-corrected chi connectivity index (χ4v) is 2.36. The molecule has 0 atom stereocenters. The Bertz CT molecular complexity index is 582. The molecule has 0 radical (unpaired) electrons. The molecule has 1 saturated heterocycles. The highest BCUT2D eigenvalue weighted by molar-refractivity contribution is 5.78. The molecule has 5 heteroatoms. The van der Waals surface area contributed by atoms with Crippen molar-refractivity contribution in [3.63, 3.8) is 0 Å². The van der Waals surface area contributed by atoms with Gasteiger partial charge in [-0.1, -0.05) is 30.3 Å². The van der Waals surface area contributed by atoms with Crippen LogP contribution in [0.1, 0.15) is 11.1 Å². The summed E-state index contributed by atoms with van der Waals surface area (Å²) >= 11 is 0. The van der Waals surface area contributed by atoms with Crippen molar-refractivity contribution in [1.29, 1.82) is 0 Å². The first-order valence-corrected chi connectivity index (χ1v) is 7.33. The van der Waals surface area contributed by atoms with Crippen molar-refractivity contribution in [2.45, 2.75) is 6.54 Å². The molecule has 0 spiro atoms. The first-order chi connectivity index (χ1) is 10.3. The molecule has 1 aromatic carbocycles. The van der Waals surface area contributed by atoms with Crippen LogP contribution in [0.2, 0.25) is 0 Å². The summed E-state index contributed by atoms with van der Waals surface area (Å²) in [6.07, 6.45) is 5.80. The average Bonchev–Trinajstić information content (AvgIpc) is 2.95. The molecular weight excluding hydrogens is 262 g/mol. The molecule has 2 aromatic rings. The van der Waals surface area contributed by atoms with Crippen molar-refractivity contribution in [1.82, 2.24) is 19.7 Å². The summed E-state index contributed by atoms with van der Waals surface area (Å²) in [5.74, 6) is 0. The van der Waals surface area contributed by atoms with Crippen molar-refractivity contribution in [3.8, 4) is 0 Å². The lowest BCUT2D eigenvalue weighted by Crippen LogP contribution is -2.41. The normalized spacial score (nSPS) is 16.7. The van der Waals surface area contributed by atoms with Gasteiger partial charge in [0.1, 0.15) is 0 Å². The van der Waals surface area contributed by atoms with Crippen LogP contribution in [-0.4, -0.2) is 59.1 Å². The molecule has 0 amide bonds. The summed E-state index contributed by atoms with van der Waals surface area (Å²) in [6.45, 7) is 4.93. The molecule has 2 heterocycles. The van der Waals surface area contributed by atoms with Crippen LogP contribution >= 0.6 is 0 Å². The van der Waals surface area contributed by atoms with E-state index >= 15 is 0 Å². The van der Waals surface area contributed by atoms with E-state index in [2.05, 4.69) is 51.4 Å². The Morgan fingerprint density at radius 1 is 1.14 bits per heavy atom. The zero-order chi connectivity index (χ0) is 14.5. The van der Waals surface area contributed by atoms with Gasteiger partial charge in [-0.05, 0) is 12.6 Å². The summed E-state index contributed by atoms with van der Waals surface area (Å²) in [7, 11) is 2.15. The number of hydrogen-bond donors (Lipinski definition) is 0. The minimum atomic E-state index is 0.795. The van der Waals surface area contributed by atoms with Crippen LogP contribution in [0.15, 0.2) is 47.8 Å². The first-order valence-electron chi connectivity index (χ1n) is 7.33. The van der Waals surface area contributed by atoms with E-state index in [4.69, 9.17) is 0 Å². The molecule has 0 saturated carbocycles. The highest BCUT2D eigenvalue weighted by Crippen LogP contribution is 2.04. The van der Waals surface area contributed by atoms with Crippen molar-refractivity contribution >= 4 is 6.21 Å². The molecular formula is C16H21N5. The van der Waals surface area contributed by atoms with Gasteiger partial charge >= 0.3 is 0 Å². The summed E-state index contributed by atoms with van der Waals surface area (Å²) in [5.41, 5.74) is 2.30. The molecule has 0 aliphatic carbocycles. The van der Waals surface area contributed by atoms with E-state index in [9.17, 15) is 0 Å². The van der Waals surface area contributed by atoms with Crippen LogP contribution in [0.25, 0.3) is 0 Å². The Morgan fingerprint density at radius 3 is 2.67 bits per heavy atom. The number of benzene rings is 1. The topological polar surface area (TPSA) is 36.7 Å². The number of nitrogens with zero attached hydrogens (tertiary/aromatic N) is 5. The summed E-state index contributed by atoms with van der Waals surface area (Å²) in [6, 6.07) is 10.4. The lowest BCUT2D eigenvalue weighted by atomic mass is 10.2. The molecule has 0 unspecified atom stereocenters. The average molecular weight is 283 g/mol. The van der Waals surface area contributed by atoms with Crippen molar-refractivity contribution in [2.75, 3.05) is 33.2 Å². The number of hydrazone groups is 1. The maximum absolute atomic E-state index is 4.54. The predicted molar refractivity (Wildman–Crippen MR) is 84.4 cm³/mol. The van der Waals surface area contributed by atoms with E-state index in [1.54, 1.807) is 0 Å². The predicted octanol–water partition coefficient (Wildman–Crippen LogP) is 1.51. The maximum atomic E-state index is 4.54. The summed E-state index contributed by atoms with van der Waals surface area (Å²) in [4.78, 5) is 2.32. The van der Waals surface area contributed by atoms with E-state index in [-0.39, 0.29) is 0 Å². The largest absolute Gasteiger partial charge is 0.303 e. The monoisotopic (exact) mass is 283 g/mol. The standard InChI is InChI=1S/C16H21N5/c1-19-7-9-20(10-8-19)17-11-16-12-18-21(14-16)13-15-5-3-2-4-6-15/h2-6,11-12,14H,7-10,13H2,1H3/b17-11-. The molecule has 0 N–H and O–H groups in total. The second-order valence-corrected chi connectivity index (χ2v) is 5.46. The van der Waals surface area contributed by atoms with Gasteiger partial charge in [-0.15, -0.1) is 0 Å². The highest BCUT2D eigenvalue weighted by atomic mass is 15.5. The Hall–Kier alpha value is -2.14. The minimum absolute atomic E-state index is 0.795. The molecule has 0 bridgehead atoms. The van der Waals surface area contributed by atoms with Gasteiger partial charge in [0.2, 0.25) is 0 Å². The Kier molecular flexibility index (Phi) is 4.31. The van der Waals surface area contributed by atoms with Crippen LogP contribution in [0.5, 0.6) is 0 Å².